The topological polar surface area (TPSA) is 56.8 Å². The van der Waals surface area contributed by atoms with Crippen LogP contribution in [0.2, 0.25) is 0 Å². The van der Waals surface area contributed by atoms with Crippen molar-refractivity contribution in [2.24, 2.45) is 0 Å². The van der Waals surface area contributed by atoms with E-state index in [1.807, 2.05) is 45.0 Å². The summed E-state index contributed by atoms with van der Waals surface area (Å²) >= 11 is 0. The molecule has 0 aromatic heterocycles. The van der Waals surface area contributed by atoms with Gasteiger partial charge in [0.2, 0.25) is 0 Å². The minimum atomic E-state index is -0.173. The third-order valence-corrected chi connectivity index (χ3v) is 3.86. The van der Waals surface area contributed by atoms with Gasteiger partial charge in [0.15, 0.2) is 6.61 Å². The second-order valence-electron chi connectivity index (χ2n) is 5.87. The number of ether oxygens (including phenoxy) is 3. The smallest absolute Gasteiger partial charge is 0.258 e. The number of nitrogens with one attached hydrogen (secondary N) is 1. The van der Waals surface area contributed by atoms with E-state index < -0.39 is 0 Å². The quantitative estimate of drug-likeness (QED) is 0.748. The fourth-order valence-corrected chi connectivity index (χ4v) is 2.40. The summed E-state index contributed by atoms with van der Waals surface area (Å²) in [6.07, 6.45) is 0. The first-order valence-electron chi connectivity index (χ1n) is 8.24. The van der Waals surface area contributed by atoms with Crippen LogP contribution in [0.25, 0.3) is 0 Å². The first-order chi connectivity index (χ1) is 12.0. The number of benzene rings is 2. The van der Waals surface area contributed by atoms with Crippen LogP contribution in [-0.2, 0) is 4.79 Å². The molecule has 0 aliphatic rings. The molecule has 2 rings (SSSR count). The van der Waals surface area contributed by atoms with Crippen molar-refractivity contribution in [2.45, 2.75) is 20.8 Å². The maximum absolute atomic E-state index is 11.9. The van der Waals surface area contributed by atoms with Crippen LogP contribution < -0.4 is 19.5 Å². The van der Waals surface area contributed by atoms with Gasteiger partial charge in [-0.15, -0.1) is 0 Å². The van der Waals surface area contributed by atoms with Crippen LogP contribution in [0.1, 0.15) is 16.7 Å². The number of rotatable bonds is 8. The van der Waals surface area contributed by atoms with Crippen molar-refractivity contribution >= 4 is 5.91 Å². The average molecular weight is 343 g/mol. The Kier molecular flexibility index (Phi) is 6.69. The highest BCUT2D eigenvalue weighted by atomic mass is 16.5. The lowest BCUT2D eigenvalue weighted by atomic mass is 10.1. The lowest BCUT2D eigenvalue weighted by Gasteiger charge is -2.13. The van der Waals surface area contributed by atoms with Crippen LogP contribution in [0.5, 0.6) is 17.2 Å². The lowest BCUT2D eigenvalue weighted by Crippen LogP contribution is -2.32. The van der Waals surface area contributed by atoms with Crippen molar-refractivity contribution in [1.29, 1.82) is 0 Å². The number of hydrogen-bond acceptors (Lipinski definition) is 4. The molecule has 0 radical (unpaired) electrons. The molecule has 0 unspecified atom stereocenters. The van der Waals surface area contributed by atoms with Crippen molar-refractivity contribution in [3.05, 3.63) is 53.1 Å². The van der Waals surface area contributed by atoms with E-state index in [-0.39, 0.29) is 12.5 Å². The van der Waals surface area contributed by atoms with Gasteiger partial charge in [0.05, 0.1) is 13.7 Å². The van der Waals surface area contributed by atoms with Gasteiger partial charge in [-0.05, 0) is 55.7 Å². The molecule has 0 saturated heterocycles. The molecule has 134 valence electrons. The fourth-order valence-electron chi connectivity index (χ4n) is 2.40. The number of methoxy groups -OCH3 is 1. The molecule has 5 nitrogen and oxygen atoms in total. The van der Waals surface area contributed by atoms with Gasteiger partial charge in [0.1, 0.15) is 23.9 Å². The molecule has 0 saturated carbocycles. The molecule has 5 heteroatoms. The van der Waals surface area contributed by atoms with Gasteiger partial charge in [-0.25, -0.2) is 0 Å². The highest BCUT2D eigenvalue weighted by Crippen LogP contribution is 2.23. The second-order valence-corrected chi connectivity index (χ2v) is 5.87. The molecule has 2 aromatic rings. The zero-order valence-electron chi connectivity index (χ0n) is 15.2. The molecule has 0 spiro atoms. The second kappa shape index (κ2) is 8.97. The molecule has 0 fully saturated rings. The predicted molar refractivity (Wildman–Crippen MR) is 97.6 cm³/mol. The third-order valence-electron chi connectivity index (χ3n) is 3.86. The van der Waals surface area contributed by atoms with Crippen molar-refractivity contribution in [1.82, 2.24) is 5.32 Å². The predicted octanol–water partition coefficient (Wildman–Crippen LogP) is 3.19. The van der Waals surface area contributed by atoms with Crippen LogP contribution in [0, 0.1) is 20.8 Å². The molecule has 1 amide bonds. The molecule has 2 aromatic carbocycles. The maximum Gasteiger partial charge on any atom is 0.258 e. The van der Waals surface area contributed by atoms with E-state index in [0.29, 0.717) is 18.9 Å². The van der Waals surface area contributed by atoms with Crippen molar-refractivity contribution < 1.29 is 19.0 Å². The molecule has 0 bridgehead atoms. The first-order valence-corrected chi connectivity index (χ1v) is 8.24. The van der Waals surface area contributed by atoms with E-state index in [4.69, 9.17) is 14.2 Å². The molecule has 0 aliphatic carbocycles. The van der Waals surface area contributed by atoms with Gasteiger partial charge in [0.25, 0.3) is 5.91 Å². The molecular weight excluding hydrogens is 318 g/mol. The van der Waals surface area contributed by atoms with Gasteiger partial charge >= 0.3 is 0 Å². The van der Waals surface area contributed by atoms with Gasteiger partial charge in [0, 0.05) is 6.07 Å². The summed E-state index contributed by atoms with van der Waals surface area (Å²) in [7, 11) is 1.61. The molecule has 1 N–H and O–H groups in total. The Balaban J connectivity index is 1.72. The number of hydrogen-bond donors (Lipinski definition) is 1. The molecule has 25 heavy (non-hydrogen) atoms. The summed E-state index contributed by atoms with van der Waals surface area (Å²) in [6, 6.07) is 11.4. The van der Waals surface area contributed by atoms with E-state index in [1.165, 1.54) is 0 Å². The number of aryl methyl sites for hydroxylation is 2. The lowest BCUT2D eigenvalue weighted by molar-refractivity contribution is -0.123. The van der Waals surface area contributed by atoms with E-state index in [2.05, 4.69) is 11.4 Å². The van der Waals surface area contributed by atoms with Gasteiger partial charge < -0.3 is 19.5 Å². The summed E-state index contributed by atoms with van der Waals surface area (Å²) in [6.45, 7) is 6.81. The number of carbonyl (C=O) groups excluding carboxylic acids is 1. The maximum atomic E-state index is 11.9. The Labute approximate surface area is 148 Å². The SMILES string of the molecule is COc1cccc(OCCNC(=O)COc2cc(C)cc(C)c2C)c1. The Bertz CT molecular complexity index is 728. The van der Waals surface area contributed by atoms with Gasteiger partial charge in [-0.1, -0.05) is 12.1 Å². The van der Waals surface area contributed by atoms with E-state index in [9.17, 15) is 4.79 Å². The average Bonchev–Trinajstić information content (AvgIpc) is 2.60. The minimum absolute atomic E-state index is 0.0110. The Hall–Kier alpha value is -2.69. The zero-order valence-corrected chi connectivity index (χ0v) is 15.2. The summed E-state index contributed by atoms with van der Waals surface area (Å²) in [4.78, 5) is 11.9. The fraction of sp³-hybridized carbons (Fsp3) is 0.350. The van der Waals surface area contributed by atoms with Crippen molar-refractivity contribution in [3.63, 3.8) is 0 Å². The highest BCUT2D eigenvalue weighted by molar-refractivity contribution is 5.77. The van der Waals surface area contributed by atoms with Crippen LogP contribution in [-0.4, -0.2) is 32.8 Å². The summed E-state index contributed by atoms with van der Waals surface area (Å²) in [5.41, 5.74) is 3.33. The third kappa shape index (κ3) is 5.71. The van der Waals surface area contributed by atoms with Gasteiger partial charge in [-0.3, -0.25) is 4.79 Å². The standard InChI is InChI=1S/C20H25NO4/c1-14-10-15(2)16(3)19(11-14)25-13-20(22)21-8-9-24-18-7-5-6-17(12-18)23-4/h5-7,10-12H,8-9,13H2,1-4H3,(H,21,22). The number of carbonyl (C=O) groups is 1. The van der Waals surface area contributed by atoms with Crippen molar-refractivity contribution in [3.8, 4) is 17.2 Å². The first kappa shape index (κ1) is 18.6. The summed E-state index contributed by atoms with van der Waals surface area (Å²) < 4.78 is 16.3. The van der Waals surface area contributed by atoms with Crippen LogP contribution in [0.3, 0.4) is 0 Å². The summed E-state index contributed by atoms with van der Waals surface area (Å²) in [5, 5.41) is 2.78. The summed E-state index contributed by atoms with van der Waals surface area (Å²) in [5.74, 6) is 2.02. The van der Waals surface area contributed by atoms with Crippen molar-refractivity contribution in [2.75, 3.05) is 26.9 Å². The van der Waals surface area contributed by atoms with E-state index in [1.54, 1.807) is 13.2 Å². The van der Waals surface area contributed by atoms with Crippen LogP contribution in [0.15, 0.2) is 36.4 Å². The van der Waals surface area contributed by atoms with E-state index >= 15 is 0 Å². The minimum Gasteiger partial charge on any atom is -0.497 e. The van der Waals surface area contributed by atoms with Gasteiger partial charge in [-0.2, -0.15) is 0 Å². The largest absolute Gasteiger partial charge is 0.497 e. The molecule has 0 atom stereocenters. The monoisotopic (exact) mass is 343 g/mol. The Morgan fingerprint density at radius 3 is 2.56 bits per heavy atom. The molecular formula is C20H25NO4. The number of amides is 1. The zero-order chi connectivity index (χ0) is 18.2. The molecule has 0 heterocycles. The molecule has 0 aliphatic heterocycles. The normalized spacial score (nSPS) is 10.2. The Morgan fingerprint density at radius 1 is 1.04 bits per heavy atom. The van der Waals surface area contributed by atoms with Crippen LogP contribution >= 0.6 is 0 Å². The van der Waals surface area contributed by atoms with E-state index in [0.717, 1.165) is 28.2 Å². The van der Waals surface area contributed by atoms with Crippen LogP contribution in [0.4, 0.5) is 0 Å². The Morgan fingerprint density at radius 2 is 1.80 bits per heavy atom. The highest BCUT2D eigenvalue weighted by Gasteiger charge is 2.07.